The first-order chi connectivity index (χ1) is 7.85. The third-order valence-corrected chi connectivity index (χ3v) is 2.81. The van der Waals surface area contributed by atoms with Crippen LogP contribution in [0.2, 0.25) is 0 Å². The van der Waals surface area contributed by atoms with Gasteiger partial charge in [-0.15, -0.1) is 6.42 Å². The molecule has 1 aromatic carbocycles. The van der Waals surface area contributed by atoms with Crippen molar-refractivity contribution in [2.24, 2.45) is 0 Å². The van der Waals surface area contributed by atoms with Gasteiger partial charge < -0.3 is 9.47 Å². The Labute approximate surface area is 96.6 Å². The van der Waals surface area contributed by atoms with Gasteiger partial charge >= 0.3 is 0 Å². The molecule has 0 aliphatic carbocycles. The van der Waals surface area contributed by atoms with Gasteiger partial charge in [-0.05, 0) is 18.4 Å². The fourth-order valence-corrected chi connectivity index (χ4v) is 1.87. The lowest BCUT2D eigenvalue weighted by atomic mass is 10.0. The van der Waals surface area contributed by atoms with Crippen LogP contribution in [0.3, 0.4) is 0 Å². The molecule has 1 unspecified atom stereocenters. The predicted molar refractivity (Wildman–Crippen MR) is 62.8 cm³/mol. The quantitative estimate of drug-likeness (QED) is 0.719. The van der Waals surface area contributed by atoms with E-state index in [1.807, 2.05) is 30.3 Å². The van der Waals surface area contributed by atoms with Crippen molar-refractivity contribution in [3.8, 4) is 12.3 Å². The largest absolute Gasteiger partial charge is 0.373 e. The first kappa shape index (κ1) is 11.2. The molecule has 1 saturated heterocycles. The minimum atomic E-state index is -0.477. The average molecular weight is 216 g/mol. The first-order valence-corrected chi connectivity index (χ1v) is 5.58. The van der Waals surface area contributed by atoms with Gasteiger partial charge in [0.25, 0.3) is 0 Å². The Bertz CT molecular complexity index is 358. The Hall–Kier alpha value is -1.30. The van der Waals surface area contributed by atoms with E-state index in [-0.39, 0.29) is 0 Å². The maximum atomic E-state index is 5.63. The molecule has 16 heavy (non-hydrogen) atoms. The van der Waals surface area contributed by atoms with Gasteiger partial charge in [-0.1, -0.05) is 36.3 Å². The van der Waals surface area contributed by atoms with Crippen molar-refractivity contribution in [2.45, 2.75) is 25.0 Å². The van der Waals surface area contributed by atoms with Crippen molar-refractivity contribution in [3.63, 3.8) is 0 Å². The summed E-state index contributed by atoms with van der Waals surface area (Å²) in [7, 11) is 0. The highest BCUT2D eigenvalue weighted by Gasteiger charge is 2.33. The molecule has 2 heteroatoms. The number of benzene rings is 1. The minimum absolute atomic E-state index is 0.477. The van der Waals surface area contributed by atoms with Crippen molar-refractivity contribution in [3.05, 3.63) is 35.9 Å². The summed E-state index contributed by atoms with van der Waals surface area (Å²) in [6.45, 7) is 1.82. The summed E-state index contributed by atoms with van der Waals surface area (Å²) in [4.78, 5) is 0. The third kappa shape index (κ3) is 2.63. The third-order valence-electron chi connectivity index (χ3n) is 2.81. The zero-order valence-electron chi connectivity index (χ0n) is 9.32. The van der Waals surface area contributed by atoms with Crippen molar-refractivity contribution < 1.29 is 9.47 Å². The summed E-state index contributed by atoms with van der Waals surface area (Å²) in [6.07, 6.45) is 7.42. The Morgan fingerprint density at radius 3 is 2.81 bits per heavy atom. The van der Waals surface area contributed by atoms with Crippen LogP contribution in [0.1, 0.15) is 18.4 Å². The zero-order chi connectivity index (χ0) is 11.3. The second kappa shape index (κ2) is 5.16. The fourth-order valence-electron chi connectivity index (χ4n) is 1.87. The van der Waals surface area contributed by atoms with Crippen molar-refractivity contribution >= 4 is 0 Å². The highest BCUT2D eigenvalue weighted by molar-refractivity contribution is 5.14. The van der Waals surface area contributed by atoms with Gasteiger partial charge in [-0.3, -0.25) is 0 Å². The van der Waals surface area contributed by atoms with Crippen LogP contribution in [0.4, 0.5) is 0 Å². The van der Waals surface area contributed by atoms with Crippen molar-refractivity contribution in [2.75, 3.05) is 13.2 Å². The van der Waals surface area contributed by atoms with Crippen LogP contribution in [-0.4, -0.2) is 18.8 Å². The standard InChI is InChI=1S/C14H16O2/c1-2-14(9-6-10-16-14)12-15-11-13-7-4-3-5-8-13/h1,3-5,7-8H,6,9-12H2. The van der Waals surface area contributed by atoms with Crippen LogP contribution in [0.25, 0.3) is 0 Å². The van der Waals surface area contributed by atoms with Gasteiger partial charge in [0.05, 0.1) is 13.2 Å². The van der Waals surface area contributed by atoms with Crippen molar-refractivity contribution in [1.29, 1.82) is 0 Å². The van der Waals surface area contributed by atoms with E-state index in [0.717, 1.165) is 25.0 Å². The van der Waals surface area contributed by atoms with E-state index >= 15 is 0 Å². The summed E-state index contributed by atoms with van der Waals surface area (Å²) in [5.74, 6) is 2.72. The normalized spacial score (nSPS) is 24.2. The number of rotatable bonds is 4. The molecule has 0 aromatic heterocycles. The minimum Gasteiger partial charge on any atom is -0.373 e. The summed E-state index contributed by atoms with van der Waals surface area (Å²) in [6, 6.07) is 10.1. The molecule has 2 rings (SSSR count). The van der Waals surface area contributed by atoms with Crippen LogP contribution in [0, 0.1) is 12.3 Å². The van der Waals surface area contributed by atoms with Crippen LogP contribution in [-0.2, 0) is 16.1 Å². The van der Waals surface area contributed by atoms with E-state index < -0.39 is 5.60 Å². The number of terminal acetylenes is 1. The Morgan fingerprint density at radius 2 is 2.19 bits per heavy atom. The smallest absolute Gasteiger partial charge is 0.151 e. The Kier molecular flexibility index (Phi) is 3.61. The van der Waals surface area contributed by atoms with Gasteiger partial charge in [0.2, 0.25) is 0 Å². The molecule has 0 amide bonds. The van der Waals surface area contributed by atoms with Gasteiger partial charge in [-0.25, -0.2) is 0 Å². The van der Waals surface area contributed by atoms with E-state index in [0.29, 0.717) is 13.2 Å². The van der Waals surface area contributed by atoms with Gasteiger partial charge in [0, 0.05) is 6.61 Å². The topological polar surface area (TPSA) is 18.5 Å². The van der Waals surface area contributed by atoms with Gasteiger partial charge in [-0.2, -0.15) is 0 Å². The molecule has 0 N–H and O–H groups in total. The lowest BCUT2D eigenvalue weighted by Crippen LogP contribution is -2.31. The maximum Gasteiger partial charge on any atom is 0.151 e. The number of ether oxygens (including phenoxy) is 2. The highest BCUT2D eigenvalue weighted by atomic mass is 16.5. The summed E-state index contributed by atoms with van der Waals surface area (Å²) in [5, 5.41) is 0. The highest BCUT2D eigenvalue weighted by Crippen LogP contribution is 2.25. The molecular weight excluding hydrogens is 200 g/mol. The van der Waals surface area contributed by atoms with Crippen LogP contribution < -0.4 is 0 Å². The van der Waals surface area contributed by atoms with Gasteiger partial charge in [0.1, 0.15) is 0 Å². The molecule has 1 aliphatic rings. The van der Waals surface area contributed by atoms with Crippen LogP contribution >= 0.6 is 0 Å². The molecule has 1 aromatic rings. The number of hydrogen-bond donors (Lipinski definition) is 0. The van der Waals surface area contributed by atoms with Gasteiger partial charge in [0.15, 0.2) is 5.60 Å². The lowest BCUT2D eigenvalue weighted by Gasteiger charge is -2.21. The fraction of sp³-hybridized carbons (Fsp3) is 0.429. The first-order valence-electron chi connectivity index (χ1n) is 5.58. The van der Waals surface area contributed by atoms with Crippen LogP contribution in [0.15, 0.2) is 30.3 Å². The molecule has 1 atom stereocenters. The Balaban J connectivity index is 1.82. The summed E-state index contributed by atoms with van der Waals surface area (Å²) < 4.78 is 11.2. The summed E-state index contributed by atoms with van der Waals surface area (Å²) >= 11 is 0. The van der Waals surface area contributed by atoms with Crippen molar-refractivity contribution in [1.82, 2.24) is 0 Å². The molecular formula is C14H16O2. The molecule has 0 spiro atoms. The second-order valence-electron chi connectivity index (χ2n) is 4.07. The zero-order valence-corrected chi connectivity index (χ0v) is 9.32. The van der Waals surface area contributed by atoms with E-state index in [4.69, 9.17) is 15.9 Å². The maximum absolute atomic E-state index is 5.63. The van der Waals surface area contributed by atoms with E-state index in [1.54, 1.807) is 0 Å². The monoisotopic (exact) mass is 216 g/mol. The van der Waals surface area contributed by atoms with E-state index in [2.05, 4.69) is 5.92 Å². The summed E-state index contributed by atoms with van der Waals surface area (Å²) in [5.41, 5.74) is 0.682. The SMILES string of the molecule is C#CC1(COCc2ccccc2)CCCO1. The molecule has 2 nitrogen and oxygen atoms in total. The average Bonchev–Trinajstić information content (AvgIpc) is 2.80. The molecule has 84 valence electrons. The van der Waals surface area contributed by atoms with E-state index in [9.17, 15) is 0 Å². The molecule has 1 heterocycles. The van der Waals surface area contributed by atoms with Crippen LogP contribution in [0.5, 0.6) is 0 Å². The second-order valence-corrected chi connectivity index (χ2v) is 4.07. The lowest BCUT2D eigenvalue weighted by molar-refractivity contribution is -0.0311. The molecule has 1 fully saturated rings. The number of hydrogen-bond acceptors (Lipinski definition) is 2. The Morgan fingerprint density at radius 1 is 1.38 bits per heavy atom. The predicted octanol–water partition coefficient (Wildman–Crippen LogP) is 2.39. The molecule has 1 aliphatic heterocycles. The molecule has 0 saturated carbocycles. The molecule has 0 radical (unpaired) electrons. The molecule has 0 bridgehead atoms. The van der Waals surface area contributed by atoms with E-state index in [1.165, 1.54) is 0 Å².